The molecule has 0 bridgehead atoms. The summed E-state index contributed by atoms with van der Waals surface area (Å²) in [4.78, 5) is 12.5. The van der Waals surface area contributed by atoms with Gasteiger partial charge in [0.2, 0.25) is 5.75 Å². The van der Waals surface area contributed by atoms with Crippen molar-refractivity contribution in [2.24, 2.45) is 5.10 Å². The van der Waals surface area contributed by atoms with Gasteiger partial charge in [-0.25, -0.2) is 5.43 Å². The fourth-order valence-electron chi connectivity index (χ4n) is 2.63. The smallest absolute Gasteiger partial charge is 0.271 e. The number of para-hydroxylation sites is 1. The van der Waals surface area contributed by atoms with Gasteiger partial charge in [-0.05, 0) is 31.2 Å². The highest BCUT2D eigenvalue weighted by atomic mass is 16.5. The number of nitrogens with zero attached hydrogens (tertiary/aromatic N) is 1. The SMILES string of the molecule is COc1cc(C(=O)NN=C(C)c2cc3ccccc3o2)cc(OC)c1OC. The molecule has 140 valence electrons. The summed E-state index contributed by atoms with van der Waals surface area (Å²) in [5, 5.41) is 5.10. The van der Waals surface area contributed by atoms with Gasteiger partial charge in [0.05, 0.1) is 21.3 Å². The minimum absolute atomic E-state index is 0.325. The first-order chi connectivity index (χ1) is 13.1. The molecule has 7 nitrogen and oxygen atoms in total. The molecule has 0 fully saturated rings. The monoisotopic (exact) mass is 368 g/mol. The largest absolute Gasteiger partial charge is 0.493 e. The molecule has 27 heavy (non-hydrogen) atoms. The van der Waals surface area contributed by atoms with Crippen molar-refractivity contribution in [3.8, 4) is 17.2 Å². The molecule has 0 unspecified atom stereocenters. The van der Waals surface area contributed by atoms with E-state index in [0.29, 0.717) is 34.3 Å². The highest BCUT2D eigenvalue weighted by molar-refractivity contribution is 6.01. The van der Waals surface area contributed by atoms with E-state index in [1.165, 1.54) is 21.3 Å². The molecule has 0 aliphatic rings. The van der Waals surface area contributed by atoms with Crippen LogP contribution < -0.4 is 19.6 Å². The van der Waals surface area contributed by atoms with Gasteiger partial charge >= 0.3 is 0 Å². The molecule has 0 spiro atoms. The van der Waals surface area contributed by atoms with Crippen molar-refractivity contribution in [2.75, 3.05) is 21.3 Å². The molecule has 1 heterocycles. The lowest BCUT2D eigenvalue weighted by molar-refractivity contribution is 0.0954. The van der Waals surface area contributed by atoms with Crippen LogP contribution in [0.5, 0.6) is 17.2 Å². The van der Waals surface area contributed by atoms with E-state index in [1.807, 2.05) is 30.3 Å². The number of fused-ring (bicyclic) bond motifs is 1. The second-order valence-electron chi connectivity index (χ2n) is 5.70. The van der Waals surface area contributed by atoms with Crippen molar-refractivity contribution < 1.29 is 23.4 Å². The van der Waals surface area contributed by atoms with Crippen LogP contribution in [0.3, 0.4) is 0 Å². The number of carbonyl (C=O) groups is 1. The molecular formula is C20H20N2O5. The Morgan fingerprint density at radius 1 is 1.00 bits per heavy atom. The first-order valence-electron chi connectivity index (χ1n) is 8.21. The number of methoxy groups -OCH3 is 3. The predicted molar refractivity (Wildman–Crippen MR) is 102 cm³/mol. The maximum Gasteiger partial charge on any atom is 0.271 e. The van der Waals surface area contributed by atoms with Crippen LogP contribution in [0.4, 0.5) is 0 Å². The number of hydrogen-bond donors (Lipinski definition) is 1. The topological polar surface area (TPSA) is 82.3 Å². The Labute approximate surface area is 156 Å². The minimum atomic E-state index is -0.412. The molecule has 0 saturated carbocycles. The van der Waals surface area contributed by atoms with Crippen molar-refractivity contribution in [2.45, 2.75) is 6.92 Å². The van der Waals surface area contributed by atoms with E-state index in [-0.39, 0.29) is 0 Å². The number of hydrogen-bond acceptors (Lipinski definition) is 6. The van der Waals surface area contributed by atoms with Crippen LogP contribution in [0.25, 0.3) is 11.0 Å². The summed E-state index contributed by atoms with van der Waals surface area (Å²) in [7, 11) is 4.48. The van der Waals surface area contributed by atoms with Crippen molar-refractivity contribution in [1.29, 1.82) is 0 Å². The fourth-order valence-corrected chi connectivity index (χ4v) is 2.63. The lowest BCUT2D eigenvalue weighted by Crippen LogP contribution is -2.19. The predicted octanol–water partition coefficient (Wildman–Crippen LogP) is 3.61. The van der Waals surface area contributed by atoms with Crippen molar-refractivity contribution >= 4 is 22.6 Å². The van der Waals surface area contributed by atoms with E-state index in [0.717, 1.165) is 11.0 Å². The number of rotatable bonds is 6. The van der Waals surface area contributed by atoms with E-state index in [4.69, 9.17) is 18.6 Å². The number of hydrazone groups is 1. The Morgan fingerprint density at radius 2 is 1.67 bits per heavy atom. The summed E-state index contributed by atoms with van der Waals surface area (Å²) in [6.07, 6.45) is 0. The molecule has 0 saturated heterocycles. The highest BCUT2D eigenvalue weighted by Crippen LogP contribution is 2.38. The molecule has 1 N–H and O–H groups in total. The first kappa shape index (κ1) is 18.3. The van der Waals surface area contributed by atoms with Gasteiger partial charge in [-0.2, -0.15) is 5.10 Å². The van der Waals surface area contributed by atoms with Crippen LogP contribution in [0.1, 0.15) is 23.0 Å². The normalized spacial score (nSPS) is 11.3. The van der Waals surface area contributed by atoms with Crippen LogP contribution in [0.2, 0.25) is 0 Å². The number of carbonyl (C=O) groups excluding carboxylic acids is 1. The second kappa shape index (κ2) is 7.82. The second-order valence-corrected chi connectivity index (χ2v) is 5.70. The van der Waals surface area contributed by atoms with Gasteiger partial charge in [0.1, 0.15) is 11.3 Å². The van der Waals surface area contributed by atoms with Gasteiger partial charge in [-0.1, -0.05) is 18.2 Å². The zero-order valence-electron chi connectivity index (χ0n) is 15.5. The average Bonchev–Trinajstić information content (AvgIpc) is 3.14. The quantitative estimate of drug-likeness (QED) is 0.531. The molecule has 0 atom stereocenters. The van der Waals surface area contributed by atoms with Crippen molar-refractivity contribution in [1.82, 2.24) is 5.43 Å². The van der Waals surface area contributed by atoms with Gasteiger partial charge in [0, 0.05) is 10.9 Å². The van der Waals surface area contributed by atoms with E-state index in [9.17, 15) is 4.79 Å². The zero-order valence-corrected chi connectivity index (χ0v) is 15.5. The Balaban J connectivity index is 1.83. The van der Waals surface area contributed by atoms with Crippen molar-refractivity contribution in [3.63, 3.8) is 0 Å². The van der Waals surface area contributed by atoms with Gasteiger partial charge in [0.25, 0.3) is 5.91 Å². The standard InChI is InChI=1S/C20H20N2O5/c1-12(16-9-13-7-5-6-8-15(13)27-16)21-22-20(23)14-10-17(24-2)19(26-4)18(11-14)25-3/h5-11H,1-4H3,(H,22,23). The molecule has 1 aromatic heterocycles. The Bertz CT molecular complexity index is 949. The zero-order chi connectivity index (χ0) is 19.4. The summed E-state index contributed by atoms with van der Waals surface area (Å²) in [5.41, 5.74) is 4.15. The van der Waals surface area contributed by atoms with Crippen LogP contribution in [0, 0.1) is 0 Å². The Hall–Kier alpha value is -3.48. The summed E-state index contributed by atoms with van der Waals surface area (Å²) < 4.78 is 21.5. The van der Waals surface area contributed by atoms with Crippen LogP contribution >= 0.6 is 0 Å². The minimum Gasteiger partial charge on any atom is -0.493 e. The van der Waals surface area contributed by atoms with Gasteiger partial charge in [-0.15, -0.1) is 0 Å². The van der Waals surface area contributed by atoms with Crippen molar-refractivity contribution in [3.05, 3.63) is 53.8 Å². The average molecular weight is 368 g/mol. The maximum absolute atomic E-state index is 12.5. The summed E-state index contributed by atoms with van der Waals surface area (Å²) in [6, 6.07) is 12.6. The molecule has 2 aromatic carbocycles. The molecule has 0 radical (unpaired) electrons. The third-order valence-corrected chi connectivity index (χ3v) is 4.03. The number of furan rings is 1. The maximum atomic E-state index is 12.5. The van der Waals surface area contributed by atoms with Crippen LogP contribution in [-0.4, -0.2) is 32.9 Å². The first-order valence-corrected chi connectivity index (χ1v) is 8.21. The number of benzene rings is 2. The third-order valence-electron chi connectivity index (χ3n) is 4.03. The fraction of sp³-hybridized carbons (Fsp3) is 0.200. The van der Waals surface area contributed by atoms with E-state index >= 15 is 0 Å². The van der Waals surface area contributed by atoms with Crippen LogP contribution in [0.15, 0.2) is 52.0 Å². The molecule has 7 heteroatoms. The molecule has 3 aromatic rings. The Kier molecular flexibility index (Phi) is 5.30. The lowest BCUT2D eigenvalue weighted by Gasteiger charge is -2.13. The number of amides is 1. The lowest BCUT2D eigenvalue weighted by atomic mass is 10.1. The Morgan fingerprint density at radius 3 is 2.26 bits per heavy atom. The van der Waals surface area contributed by atoms with Gasteiger partial charge in [0.15, 0.2) is 17.3 Å². The van der Waals surface area contributed by atoms with Gasteiger partial charge < -0.3 is 18.6 Å². The van der Waals surface area contributed by atoms with Crippen LogP contribution in [-0.2, 0) is 0 Å². The number of nitrogens with one attached hydrogen (secondary N) is 1. The third kappa shape index (κ3) is 3.72. The highest BCUT2D eigenvalue weighted by Gasteiger charge is 2.17. The summed E-state index contributed by atoms with van der Waals surface area (Å²) in [5.74, 6) is 1.37. The molecular weight excluding hydrogens is 348 g/mol. The summed E-state index contributed by atoms with van der Waals surface area (Å²) >= 11 is 0. The van der Waals surface area contributed by atoms with E-state index < -0.39 is 5.91 Å². The summed E-state index contributed by atoms with van der Waals surface area (Å²) in [6.45, 7) is 1.76. The molecule has 1 amide bonds. The van der Waals surface area contributed by atoms with Gasteiger partial charge in [-0.3, -0.25) is 4.79 Å². The number of ether oxygens (including phenoxy) is 3. The molecule has 0 aliphatic heterocycles. The van der Waals surface area contributed by atoms with E-state index in [1.54, 1.807) is 19.1 Å². The molecule has 3 rings (SSSR count). The molecule has 0 aliphatic carbocycles. The van der Waals surface area contributed by atoms with E-state index in [2.05, 4.69) is 10.5 Å².